The van der Waals surface area contributed by atoms with Crippen LogP contribution in [0.3, 0.4) is 0 Å². The number of halogens is 6. The number of likely N-dealkylation sites (N-methyl/N-ethyl adjacent to an activating group) is 1. The van der Waals surface area contributed by atoms with Gasteiger partial charge in [0, 0.05) is 139 Å². The molecule has 23 nitrogen and oxygen atoms in total. The zero-order valence-electron chi connectivity index (χ0n) is 68.6. The zero-order valence-corrected chi connectivity index (χ0v) is 73.2. The number of rotatable bonds is 21. The van der Waals surface area contributed by atoms with E-state index in [1.807, 2.05) is 164 Å². The van der Waals surface area contributed by atoms with Crippen LogP contribution in [-0.4, -0.2) is 141 Å². The second kappa shape index (κ2) is 45.5. The van der Waals surface area contributed by atoms with Gasteiger partial charge < -0.3 is 57.0 Å². The molecule has 14 aromatic rings. The predicted octanol–water partition coefficient (Wildman–Crippen LogP) is 20.0. The molecule has 0 radical (unpaired) electrons. The summed E-state index contributed by atoms with van der Waals surface area (Å²) >= 11 is 38.0. The first-order valence-electron chi connectivity index (χ1n) is 40.6. The van der Waals surface area contributed by atoms with Crippen molar-refractivity contribution in [2.45, 2.75) is 25.4 Å². The van der Waals surface area contributed by atoms with Gasteiger partial charge in [0.15, 0.2) is 0 Å². The van der Waals surface area contributed by atoms with Crippen LogP contribution in [0.25, 0.3) is 45.0 Å². The van der Waals surface area contributed by atoms with E-state index in [0.29, 0.717) is 88.6 Å². The van der Waals surface area contributed by atoms with Gasteiger partial charge in [-0.2, -0.15) is 0 Å². The Labute approximate surface area is 765 Å². The van der Waals surface area contributed by atoms with E-state index in [2.05, 4.69) is 88.9 Å². The van der Waals surface area contributed by atoms with Gasteiger partial charge in [-0.3, -0.25) is 48.7 Å². The predicted molar refractivity (Wildman–Crippen MR) is 507 cm³/mol. The number of benzene rings is 8. The number of nitrogens with one attached hydrogen (secondary N) is 7. The second-order valence-corrected chi connectivity index (χ2v) is 31.6. The molecule has 16 rings (SSSR count). The first-order chi connectivity index (χ1) is 61.8. The standard InChI is InChI=1S/C27H21Cl2N3O3.C26H19Cl2N3O2.C23H24ClN5O.C22H22ClN5O/c28-22-12-10-19(15-21(22)24-8-4-5-13-30-24)31-27(35)20-11-9-18(14-23(20)29)26(34)32-25(16-33)17-6-2-1-3-7-17;27-22-12-10-19(15-21(22)24-8-4-5-13-29-24)31-26(33)20-11-9-18(14-23(20)28)25(32)30-16-17-6-2-1-3-7-17;1-28-11-4-12-29(14-13-28)22-9-6-17(16-26-22)23(30)27-18-7-8-20(24)19(15-18)21-5-2-3-10-25-21;23-19-7-6-17(14-18(19)20-4-1-2-10-25-20)27-22(29)16-5-8-21(26-15-16)28-12-3-9-24-11-13-28/h1-15,25,33H,16H2,(H,31,35)(H,32,34);1-15H,16H2,(H,30,32)(H,31,33);2-3,5-10,15-16H,4,11-14H2,1H3,(H,27,30);1-2,4-8,10,14-15,24H,3,9,11-13H2,(H,27,29)/t25-;;;/m0.../s1. The molecule has 6 amide bonds. The molecule has 127 heavy (non-hydrogen) atoms. The Morgan fingerprint density at radius 1 is 0.362 bits per heavy atom. The number of carbonyl (C=O) groups is 6. The van der Waals surface area contributed by atoms with E-state index in [9.17, 15) is 33.9 Å². The van der Waals surface area contributed by atoms with Crippen molar-refractivity contribution in [1.82, 2.24) is 50.8 Å². The third kappa shape index (κ3) is 25.7. The van der Waals surface area contributed by atoms with E-state index in [0.717, 1.165) is 110 Å². The molecule has 0 unspecified atom stereocenters. The van der Waals surface area contributed by atoms with Gasteiger partial charge in [0.05, 0.1) is 87.8 Å². The molecular weight excluding hydrogens is 1730 g/mol. The summed E-state index contributed by atoms with van der Waals surface area (Å²) in [6.07, 6.45) is 12.2. The fraction of sp³-hybridized carbons (Fsp3) is 0.143. The van der Waals surface area contributed by atoms with E-state index < -0.39 is 23.8 Å². The maximum absolute atomic E-state index is 12.9. The molecule has 29 heteroatoms. The lowest BCUT2D eigenvalue weighted by Crippen LogP contribution is -2.30. The van der Waals surface area contributed by atoms with Crippen LogP contribution in [0.5, 0.6) is 0 Å². The van der Waals surface area contributed by atoms with E-state index in [4.69, 9.17) is 69.6 Å². The van der Waals surface area contributed by atoms with Crippen molar-refractivity contribution in [3.8, 4) is 45.0 Å². The van der Waals surface area contributed by atoms with Crippen molar-refractivity contribution in [1.29, 1.82) is 0 Å². The normalized spacial score (nSPS) is 12.7. The molecule has 1 atom stereocenters. The van der Waals surface area contributed by atoms with Gasteiger partial charge >= 0.3 is 0 Å². The topological polar surface area (TPSA) is 294 Å². The zero-order chi connectivity index (χ0) is 89.0. The number of amides is 6. The molecule has 8 N–H and O–H groups in total. The number of nitrogens with zero attached hydrogens (tertiary/aromatic N) is 9. The summed E-state index contributed by atoms with van der Waals surface area (Å²) in [6.45, 7) is 8.02. The first kappa shape index (κ1) is 91.4. The van der Waals surface area contributed by atoms with Crippen molar-refractivity contribution < 1.29 is 33.9 Å². The second-order valence-electron chi connectivity index (χ2n) is 29.2. The Morgan fingerprint density at radius 2 is 0.756 bits per heavy atom. The molecule has 6 aromatic heterocycles. The number of aromatic nitrogens is 6. The fourth-order valence-electron chi connectivity index (χ4n) is 13.6. The van der Waals surface area contributed by atoms with Gasteiger partial charge in [0.1, 0.15) is 11.6 Å². The highest BCUT2D eigenvalue weighted by molar-refractivity contribution is 6.37. The van der Waals surface area contributed by atoms with E-state index >= 15 is 0 Å². The monoisotopic (exact) mass is 1810 g/mol. The van der Waals surface area contributed by atoms with Crippen LogP contribution >= 0.6 is 69.6 Å². The Bertz CT molecular complexity index is 6110. The number of aliphatic hydroxyl groups excluding tert-OH is 1. The molecule has 8 heterocycles. The lowest BCUT2D eigenvalue weighted by atomic mass is 10.1. The average molecular weight is 1810 g/mol. The number of hydrogen-bond donors (Lipinski definition) is 8. The van der Waals surface area contributed by atoms with Crippen LogP contribution in [0.2, 0.25) is 30.1 Å². The number of aliphatic hydroxyl groups is 1. The number of pyridine rings is 6. The molecule has 0 spiro atoms. The molecule has 0 bridgehead atoms. The molecule has 2 saturated heterocycles. The molecule has 2 aliphatic rings. The summed E-state index contributed by atoms with van der Waals surface area (Å²) in [5.74, 6) is -0.140. The third-order valence-corrected chi connectivity index (χ3v) is 22.3. The highest BCUT2D eigenvalue weighted by Gasteiger charge is 2.23. The summed E-state index contributed by atoms with van der Waals surface area (Å²) in [5, 5.41) is 32.6. The van der Waals surface area contributed by atoms with Crippen molar-refractivity contribution in [3.63, 3.8) is 0 Å². The SMILES string of the molecule is CN1CCCN(c2ccc(C(=O)Nc3ccc(Cl)c(-c4ccccn4)c3)cn2)CC1.O=C(NCc1ccccc1)c1ccc(C(=O)Nc2ccc(Cl)c(-c3ccccn3)c2)c(Cl)c1.O=C(N[C@@H](CO)c1ccccc1)c1ccc(C(=O)Nc2ccc(Cl)c(-c3ccccn3)c2)c(Cl)c1.O=C(Nc1ccc(Cl)c(-c2ccccn2)c1)c1ccc(N2CCCNCC2)nc1. The molecule has 642 valence electrons. The molecule has 2 fully saturated rings. The van der Waals surface area contributed by atoms with Crippen LogP contribution in [0.1, 0.15) is 92.2 Å². The Balaban J connectivity index is 0.000000145. The Kier molecular flexibility index (Phi) is 32.8. The minimum Gasteiger partial charge on any atom is -0.394 e. The summed E-state index contributed by atoms with van der Waals surface area (Å²) < 4.78 is 0. The van der Waals surface area contributed by atoms with Crippen molar-refractivity contribution in [2.75, 3.05) is 97.1 Å². The first-order valence-corrected chi connectivity index (χ1v) is 42.8. The van der Waals surface area contributed by atoms with Gasteiger partial charge in [-0.1, -0.05) is 155 Å². The van der Waals surface area contributed by atoms with Crippen molar-refractivity contribution in [3.05, 3.63) is 379 Å². The number of carbonyl (C=O) groups excluding carboxylic acids is 6. The summed E-state index contributed by atoms with van der Waals surface area (Å²) in [4.78, 5) is 109. The van der Waals surface area contributed by atoms with Gasteiger partial charge in [0.25, 0.3) is 35.4 Å². The molecule has 0 aliphatic carbocycles. The lowest BCUT2D eigenvalue weighted by molar-refractivity contribution is 0.0913. The van der Waals surface area contributed by atoms with Gasteiger partial charge in [0.2, 0.25) is 0 Å². The number of hydrogen-bond acceptors (Lipinski definition) is 17. The molecule has 8 aromatic carbocycles. The summed E-state index contributed by atoms with van der Waals surface area (Å²) in [6, 6.07) is 77.9. The van der Waals surface area contributed by atoms with E-state index in [1.54, 1.807) is 110 Å². The fourth-order valence-corrected chi connectivity index (χ4v) is 15.0. The largest absolute Gasteiger partial charge is 0.394 e. The molecular formula is C98H86Cl6N16O7. The molecule has 0 saturated carbocycles. The highest BCUT2D eigenvalue weighted by atomic mass is 35.5. The smallest absolute Gasteiger partial charge is 0.257 e. The minimum absolute atomic E-state index is 0.120. The Hall–Kier alpha value is -13.3. The minimum atomic E-state index is -0.566. The lowest BCUT2D eigenvalue weighted by Gasteiger charge is -2.21. The van der Waals surface area contributed by atoms with Crippen LogP contribution in [0, 0.1) is 0 Å². The molecule has 2 aliphatic heterocycles. The maximum atomic E-state index is 12.9. The number of anilines is 6. The van der Waals surface area contributed by atoms with Crippen LogP contribution in [-0.2, 0) is 6.54 Å². The van der Waals surface area contributed by atoms with Crippen molar-refractivity contribution >= 4 is 139 Å². The summed E-state index contributed by atoms with van der Waals surface area (Å²) in [5.41, 5.74) is 12.1. The van der Waals surface area contributed by atoms with Gasteiger partial charge in [-0.05, 0) is 226 Å². The Morgan fingerprint density at radius 3 is 1.16 bits per heavy atom. The van der Waals surface area contributed by atoms with E-state index in [-0.39, 0.29) is 51.1 Å². The highest BCUT2D eigenvalue weighted by Crippen LogP contribution is 2.35. The average Bonchev–Trinajstić information content (AvgIpc) is 0.952. The van der Waals surface area contributed by atoms with Gasteiger partial charge in [-0.25, -0.2) is 9.97 Å². The van der Waals surface area contributed by atoms with Gasteiger partial charge in [-0.15, -0.1) is 0 Å². The van der Waals surface area contributed by atoms with Crippen LogP contribution in [0.4, 0.5) is 34.4 Å². The third-order valence-electron chi connectivity index (χ3n) is 20.3. The van der Waals surface area contributed by atoms with Crippen LogP contribution in [0.15, 0.2) is 304 Å². The quantitative estimate of drug-likeness (QED) is 0.0332. The maximum Gasteiger partial charge on any atom is 0.257 e. The summed E-state index contributed by atoms with van der Waals surface area (Å²) in [7, 11) is 2.14. The van der Waals surface area contributed by atoms with Crippen molar-refractivity contribution in [2.24, 2.45) is 0 Å². The van der Waals surface area contributed by atoms with E-state index in [1.165, 1.54) is 30.3 Å². The van der Waals surface area contributed by atoms with Crippen LogP contribution < -0.4 is 47.0 Å².